The molecule has 0 spiro atoms. The van der Waals surface area contributed by atoms with E-state index in [0.717, 1.165) is 47.8 Å². The Morgan fingerprint density at radius 2 is 2.03 bits per heavy atom. The largest absolute Gasteiger partial charge is 0.497 e. The Bertz CT molecular complexity index is 1220. The molecular weight excluding hydrogens is 452 g/mol. The summed E-state index contributed by atoms with van der Waals surface area (Å²) >= 11 is 1.37. The van der Waals surface area contributed by atoms with Crippen LogP contribution >= 0.6 is 11.8 Å². The van der Waals surface area contributed by atoms with Crippen molar-refractivity contribution in [2.75, 3.05) is 31.4 Å². The highest BCUT2D eigenvalue weighted by molar-refractivity contribution is 7.99. The number of ether oxygens (including phenoxy) is 2. The number of Topliss-reactive ketones (excluding diaryl/α,β-unsaturated/α-hetero) is 1. The first-order valence-electron chi connectivity index (χ1n) is 11.3. The highest BCUT2D eigenvalue weighted by atomic mass is 32.2. The van der Waals surface area contributed by atoms with Crippen molar-refractivity contribution in [1.29, 1.82) is 0 Å². The summed E-state index contributed by atoms with van der Waals surface area (Å²) in [6.45, 7) is 1.40. The first-order valence-corrected chi connectivity index (χ1v) is 12.3. The molecule has 9 heteroatoms. The SMILES string of the molecule is COc1ccc(-c2nnc(SCC(=O)c3ccc4c(c3)CC(=O)N4C)n2C[C@H]2CCCO2)cc1. The molecule has 2 aliphatic heterocycles. The molecule has 1 saturated heterocycles. The molecule has 0 radical (unpaired) electrons. The average Bonchev–Trinajstić information content (AvgIpc) is 3.58. The Balaban J connectivity index is 1.35. The smallest absolute Gasteiger partial charge is 0.231 e. The molecule has 0 unspecified atom stereocenters. The van der Waals surface area contributed by atoms with Crippen molar-refractivity contribution < 1.29 is 19.1 Å². The molecule has 5 rings (SSSR count). The lowest BCUT2D eigenvalue weighted by Gasteiger charge is -2.15. The van der Waals surface area contributed by atoms with Crippen LogP contribution in [0.2, 0.25) is 0 Å². The number of rotatable bonds is 8. The fourth-order valence-electron chi connectivity index (χ4n) is 4.36. The molecule has 8 nitrogen and oxygen atoms in total. The number of carbonyl (C=O) groups excluding carboxylic acids is 2. The molecule has 176 valence electrons. The molecule has 1 aromatic heterocycles. The maximum Gasteiger partial charge on any atom is 0.231 e. The highest BCUT2D eigenvalue weighted by Crippen LogP contribution is 2.30. The lowest BCUT2D eigenvalue weighted by atomic mass is 10.1. The minimum Gasteiger partial charge on any atom is -0.497 e. The number of hydrogen-bond donors (Lipinski definition) is 0. The zero-order valence-electron chi connectivity index (χ0n) is 19.2. The lowest BCUT2D eigenvalue weighted by Crippen LogP contribution is -2.20. The molecule has 0 aliphatic carbocycles. The molecule has 34 heavy (non-hydrogen) atoms. The van der Waals surface area contributed by atoms with E-state index in [0.29, 0.717) is 23.7 Å². The van der Waals surface area contributed by atoms with Crippen molar-refractivity contribution in [3.05, 3.63) is 53.6 Å². The summed E-state index contributed by atoms with van der Waals surface area (Å²) < 4.78 is 13.2. The van der Waals surface area contributed by atoms with Gasteiger partial charge in [-0.2, -0.15) is 0 Å². The van der Waals surface area contributed by atoms with Crippen LogP contribution in [0.25, 0.3) is 11.4 Å². The summed E-state index contributed by atoms with van der Waals surface area (Å²) in [6.07, 6.45) is 2.48. The van der Waals surface area contributed by atoms with Gasteiger partial charge in [0, 0.05) is 30.5 Å². The van der Waals surface area contributed by atoms with Crippen molar-refractivity contribution in [1.82, 2.24) is 14.8 Å². The second-order valence-corrected chi connectivity index (χ2v) is 9.41. The van der Waals surface area contributed by atoms with Crippen LogP contribution in [0.1, 0.15) is 28.8 Å². The molecule has 0 saturated carbocycles. The fraction of sp³-hybridized carbons (Fsp3) is 0.360. The number of amides is 1. The molecule has 3 heterocycles. The zero-order chi connectivity index (χ0) is 23.7. The van der Waals surface area contributed by atoms with Gasteiger partial charge in [0.05, 0.1) is 31.9 Å². The van der Waals surface area contributed by atoms with Gasteiger partial charge in [0.2, 0.25) is 5.91 Å². The van der Waals surface area contributed by atoms with E-state index in [2.05, 4.69) is 10.2 Å². The summed E-state index contributed by atoms with van der Waals surface area (Å²) in [4.78, 5) is 26.6. The summed E-state index contributed by atoms with van der Waals surface area (Å²) in [5.41, 5.74) is 3.30. The van der Waals surface area contributed by atoms with Crippen molar-refractivity contribution >= 4 is 29.1 Å². The number of likely N-dealkylation sites (N-methyl/N-ethyl adjacent to an activating group) is 1. The number of nitrogens with zero attached hydrogens (tertiary/aromatic N) is 4. The Kier molecular flexibility index (Phi) is 6.38. The van der Waals surface area contributed by atoms with Gasteiger partial charge in [-0.1, -0.05) is 11.8 Å². The topological polar surface area (TPSA) is 86.5 Å². The maximum atomic E-state index is 13.0. The molecule has 0 bridgehead atoms. The number of fused-ring (bicyclic) bond motifs is 1. The van der Waals surface area contributed by atoms with Crippen molar-refractivity contribution in [2.24, 2.45) is 0 Å². The van der Waals surface area contributed by atoms with Gasteiger partial charge in [-0.25, -0.2) is 0 Å². The van der Waals surface area contributed by atoms with Gasteiger partial charge in [0.25, 0.3) is 0 Å². The number of methoxy groups -OCH3 is 1. The van der Waals surface area contributed by atoms with Gasteiger partial charge >= 0.3 is 0 Å². The molecule has 2 aromatic carbocycles. The summed E-state index contributed by atoms with van der Waals surface area (Å²) in [6, 6.07) is 13.2. The van der Waals surface area contributed by atoms with Crippen molar-refractivity contribution in [3.63, 3.8) is 0 Å². The summed E-state index contributed by atoms with van der Waals surface area (Å²) in [5.74, 6) is 1.78. The number of aromatic nitrogens is 3. The molecule has 1 fully saturated rings. The van der Waals surface area contributed by atoms with Crippen molar-refractivity contribution in [2.45, 2.75) is 37.1 Å². The Hall–Kier alpha value is -3.17. The number of benzene rings is 2. The fourth-order valence-corrected chi connectivity index (χ4v) is 5.20. The summed E-state index contributed by atoms with van der Waals surface area (Å²) in [5, 5.41) is 9.53. The van der Waals surface area contributed by atoms with Crippen LogP contribution in [0.3, 0.4) is 0 Å². The first-order chi connectivity index (χ1) is 16.5. The number of ketones is 1. The van der Waals surface area contributed by atoms with Crippen LogP contribution in [0, 0.1) is 0 Å². The van der Waals surface area contributed by atoms with Gasteiger partial charge in [-0.15, -0.1) is 10.2 Å². The van der Waals surface area contributed by atoms with Gasteiger partial charge < -0.3 is 14.4 Å². The van der Waals surface area contributed by atoms with Crippen LogP contribution in [0.5, 0.6) is 5.75 Å². The van der Waals surface area contributed by atoms with Crippen LogP contribution in [0.15, 0.2) is 47.6 Å². The van der Waals surface area contributed by atoms with E-state index in [-0.39, 0.29) is 23.5 Å². The van der Waals surface area contributed by atoms with Crippen molar-refractivity contribution in [3.8, 4) is 17.1 Å². The lowest BCUT2D eigenvalue weighted by molar-refractivity contribution is -0.117. The first kappa shape index (κ1) is 22.6. The highest BCUT2D eigenvalue weighted by Gasteiger charge is 2.26. The third-order valence-electron chi connectivity index (χ3n) is 6.29. The molecular formula is C25H26N4O4S. The minimum atomic E-state index is -0.00698. The Labute approximate surface area is 202 Å². The van der Waals surface area contributed by atoms with Gasteiger partial charge in [0.1, 0.15) is 5.75 Å². The van der Waals surface area contributed by atoms with E-state index in [4.69, 9.17) is 9.47 Å². The average molecular weight is 479 g/mol. The van der Waals surface area contributed by atoms with E-state index < -0.39 is 0 Å². The number of anilines is 1. The normalized spacial score (nSPS) is 17.3. The van der Waals surface area contributed by atoms with Gasteiger partial charge in [-0.05, 0) is 60.9 Å². The second-order valence-electron chi connectivity index (χ2n) is 8.47. The molecule has 3 aromatic rings. The summed E-state index contributed by atoms with van der Waals surface area (Å²) in [7, 11) is 3.39. The minimum absolute atomic E-state index is 0.00698. The molecule has 1 atom stereocenters. The van der Waals surface area contributed by atoms with E-state index >= 15 is 0 Å². The van der Waals surface area contributed by atoms with Crippen LogP contribution < -0.4 is 9.64 Å². The quantitative estimate of drug-likeness (QED) is 0.361. The van der Waals surface area contributed by atoms with Gasteiger partial charge in [-0.3, -0.25) is 14.2 Å². The molecule has 0 N–H and O–H groups in total. The predicted molar refractivity (Wildman–Crippen MR) is 130 cm³/mol. The Morgan fingerprint density at radius 1 is 1.21 bits per heavy atom. The second kappa shape index (κ2) is 9.60. The maximum absolute atomic E-state index is 13.0. The number of hydrogen-bond acceptors (Lipinski definition) is 7. The van der Waals surface area contributed by atoms with E-state index in [1.165, 1.54) is 11.8 Å². The number of thioether (sulfide) groups is 1. The van der Waals surface area contributed by atoms with E-state index in [1.807, 2.05) is 41.0 Å². The standard InChI is InChI=1S/C25H26N4O4S/c1-28-21-10-7-17(12-18(21)13-23(28)31)22(30)15-34-25-27-26-24(16-5-8-19(32-2)9-6-16)29(25)14-20-4-3-11-33-20/h5-10,12,20H,3-4,11,13-15H2,1-2H3/t20-/m1/s1. The molecule has 2 aliphatic rings. The third kappa shape index (κ3) is 4.45. The number of carbonyl (C=O) groups is 2. The van der Waals surface area contributed by atoms with Crippen LogP contribution in [0.4, 0.5) is 5.69 Å². The van der Waals surface area contributed by atoms with Crippen LogP contribution in [-0.2, 0) is 22.5 Å². The molecule has 1 amide bonds. The van der Waals surface area contributed by atoms with Gasteiger partial charge in [0.15, 0.2) is 16.8 Å². The van der Waals surface area contributed by atoms with E-state index in [9.17, 15) is 9.59 Å². The third-order valence-corrected chi connectivity index (χ3v) is 7.25. The van der Waals surface area contributed by atoms with Crippen LogP contribution in [-0.4, -0.2) is 59.1 Å². The van der Waals surface area contributed by atoms with E-state index in [1.54, 1.807) is 25.1 Å². The Morgan fingerprint density at radius 3 is 2.76 bits per heavy atom. The zero-order valence-corrected chi connectivity index (χ0v) is 20.0. The predicted octanol–water partition coefficient (Wildman–Crippen LogP) is 3.63. The monoisotopic (exact) mass is 478 g/mol.